The second-order valence-corrected chi connectivity index (χ2v) is 6.29. The van der Waals surface area contributed by atoms with E-state index in [9.17, 15) is 5.11 Å². The summed E-state index contributed by atoms with van der Waals surface area (Å²) >= 11 is 0. The molecule has 0 unspecified atom stereocenters. The molecule has 4 rings (SSSR count). The quantitative estimate of drug-likeness (QED) is 0.793. The molecule has 3 heterocycles. The Hall–Kier alpha value is -2.73. The van der Waals surface area contributed by atoms with Crippen LogP contribution in [0.1, 0.15) is 18.9 Å². The monoisotopic (exact) mass is 335 g/mol. The van der Waals surface area contributed by atoms with Crippen LogP contribution in [0.25, 0.3) is 10.9 Å². The Labute approximate surface area is 146 Å². The summed E-state index contributed by atoms with van der Waals surface area (Å²) in [7, 11) is 0. The van der Waals surface area contributed by atoms with E-state index in [4.69, 9.17) is 4.98 Å². The molecule has 1 aromatic carbocycles. The molecule has 0 spiro atoms. The molecule has 3 aromatic rings. The van der Waals surface area contributed by atoms with Gasteiger partial charge in [0.1, 0.15) is 17.7 Å². The van der Waals surface area contributed by atoms with Gasteiger partial charge in [0.25, 0.3) is 0 Å². The normalized spacial score (nSPS) is 16.2. The number of benzene rings is 1. The minimum Gasteiger partial charge on any atom is -0.385 e. The van der Waals surface area contributed by atoms with Gasteiger partial charge in [-0.25, -0.2) is 15.0 Å². The SMILES string of the molecule is C[C@@H](O)c1nccc(N2CCN(c3ccc4ccccc4n3)CC2)n1. The number of rotatable bonds is 3. The van der Waals surface area contributed by atoms with Gasteiger partial charge in [0.2, 0.25) is 0 Å². The summed E-state index contributed by atoms with van der Waals surface area (Å²) < 4.78 is 0. The van der Waals surface area contributed by atoms with Gasteiger partial charge >= 0.3 is 0 Å². The zero-order valence-corrected chi connectivity index (χ0v) is 14.2. The van der Waals surface area contributed by atoms with Crippen molar-refractivity contribution in [1.82, 2.24) is 15.0 Å². The molecule has 1 saturated heterocycles. The minimum atomic E-state index is -0.650. The van der Waals surface area contributed by atoms with Crippen LogP contribution >= 0.6 is 0 Å². The highest BCUT2D eigenvalue weighted by atomic mass is 16.3. The highest BCUT2D eigenvalue weighted by Crippen LogP contribution is 2.21. The lowest BCUT2D eigenvalue weighted by molar-refractivity contribution is 0.189. The molecular weight excluding hydrogens is 314 g/mol. The summed E-state index contributed by atoms with van der Waals surface area (Å²) in [6.45, 7) is 5.19. The Bertz CT molecular complexity index is 874. The van der Waals surface area contributed by atoms with Crippen molar-refractivity contribution in [2.75, 3.05) is 36.0 Å². The van der Waals surface area contributed by atoms with Gasteiger partial charge in [-0.3, -0.25) is 0 Å². The van der Waals surface area contributed by atoms with E-state index < -0.39 is 6.10 Å². The first-order valence-corrected chi connectivity index (χ1v) is 8.57. The summed E-state index contributed by atoms with van der Waals surface area (Å²) in [5.74, 6) is 2.36. The number of aromatic nitrogens is 3. The second-order valence-electron chi connectivity index (χ2n) is 6.29. The standard InChI is InChI=1S/C19H21N5O/c1-14(25)19-20-9-8-18(22-19)24-12-10-23(11-13-24)17-7-6-15-4-2-3-5-16(15)21-17/h2-9,14,25H,10-13H2,1H3/t14-/m1/s1. The van der Waals surface area contributed by atoms with E-state index in [2.05, 4.69) is 38.0 Å². The average Bonchev–Trinajstić information content (AvgIpc) is 2.68. The lowest BCUT2D eigenvalue weighted by Gasteiger charge is -2.36. The van der Waals surface area contributed by atoms with Crippen molar-refractivity contribution in [3.8, 4) is 0 Å². The zero-order chi connectivity index (χ0) is 17.2. The molecule has 1 N–H and O–H groups in total. The minimum absolute atomic E-state index is 0.469. The Morgan fingerprint density at radius 1 is 0.880 bits per heavy atom. The molecule has 1 fully saturated rings. The van der Waals surface area contributed by atoms with Crippen molar-refractivity contribution < 1.29 is 5.11 Å². The maximum atomic E-state index is 9.66. The van der Waals surface area contributed by atoms with Gasteiger partial charge < -0.3 is 14.9 Å². The summed E-state index contributed by atoms with van der Waals surface area (Å²) in [5.41, 5.74) is 1.03. The predicted octanol–water partition coefficient (Wildman–Crippen LogP) is 2.40. The van der Waals surface area contributed by atoms with E-state index in [1.54, 1.807) is 13.1 Å². The fourth-order valence-corrected chi connectivity index (χ4v) is 3.14. The highest BCUT2D eigenvalue weighted by Gasteiger charge is 2.20. The lowest BCUT2D eigenvalue weighted by atomic mass is 10.2. The van der Waals surface area contributed by atoms with Gasteiger partial charge in [0.05, 0.1) is 5.52 Å². The van der Waals surface area contributed by atoms with E-state index in [0.717, 1.165) is 48.7 Å². The fraction of sp³-hybridized carbons (Fsp3) is 0.316. The van der Waals surface area contributed by atoms with Crippen molar-refractivity contribution in [2.45, 2.75) is 13.0 Å². The number of aliphatic hydroxyl groups is 1. The zero-order valence-electron chi connectivity index (χ0n) is 14.2. The van der Waals surface area contributed by atoms with Crippen LogP contribution in [0.15, 0.2) is 48.7 Å². The number of anilines is 2. The van der Waals surface area contributed by atoms with Gasteiger partial charge in [0.15, 0.2) is 5.82 Å². The van der Waals surface area contributed by atoms with Crippen molar-refractivity contribution >= 4 is 22.5 Å². The molecule has 1 aliphatic heterocycles. The summed E-state index contributed by atoms with van der Waals surface area (Å²) in [5, 5.41) is 10.8. The number of piperazine rings is 1. The van der Waals surface area contributed by atoms with Crippen molar-refractivity contribution in [3.63, 3.8) is 0 Å². The summed E-state index contributed by atoms with van der Waals surface area (Å²) in [4.78, 5) is 17.9. The molecule has 128 valence electrons. The second kappa shape index (κ2) is 6.64. The Morgan fingerprint density at radius 2 is 1.56 bits per heavy atom. The smallest absolute Gasteiger partial charge is 0.158 e. The maximum Gasteiger partial charge on any atom is 0.158 e. The van der Waals surface area contributed by atoms with Crippen LogP contribution in [0, 0.1) is 0 Å². The Morgan fingerprint density at radius 3 is 2.28 bits per heavy atom. The van der Waals surface area contributed by atoms with Crippen LogP contribution in [-0.2, 0) is 0 Å². The van der Waals surface area contributed by atoms with Crippen LogP contribution in [0.2, 0.25) is 0 Å². The van der Waals surface area contributed by atoms with Crippen LogP contribution in [0.4, 0.5) is 11.6 Å². The van der Waals surface area contributed by atoms with E-state index in [1.807, 2.05) is 24.3 Å². The van der Waals surface area contributed by atoms with Gasteiger partial charge in [-0.1, -0.05) is 18.2 Å². The van der Waals surface area contributed by atoms with Crippen molar-refractivity contribution in [1.29, 1.82) is 0 Å². The molecule has 0 aliphatic carbocycles. The van der Waals surface area contributed by atoms with E-state index in [-0.39, 0.29) is 0 Å². The van der Waals surface area contributed by atoms with Crippen LogP contribution < -0.4 is 9.80 Å². The summed E-state index contributed by atoms with van der Waals surface area (Å²) in [6.07, 6.45) is 1.06. The third kappa shape index (κ3) is 3.25. The van der Waals surface area contributed by atoms with E-state index >= 15 is 0 Å². The number of fused-ring (bicyclic) bond motifs is 1. The number of para-hydroxylation sites is 1. The van der Waals surface area contributed by atoms with Gasteiger partial charge in [-0.05, 0) is 31.2 Å². The molecular formula is C19H21N5O. The molecule has 0 amide bonds. The fourth-order valence-electron chi connectivity index (χ4n) is 3.14. The Kier molecular flexibility index (Phi) is 4.19. The van der Waals surface area contributed by atoms with E-state index in [1.165, 1.54) is 0 Å². The number of hydrogen-bond acceptors (Lipinski definition) is 6. The molecule has 25 heavy (non-hydrogen) atoms. The molecule has 0 saturated carbocycles. The molecule has 1 atom stereocenters. The van der Waals surface area contributed by atoms with Crippen LogP contribution in [0.3, 0.4) is 0 Å². The molecule has 1 aliphatic rings. The van der Waals surface area contributed by atoms with Crippen molar-refractivity contribution in [3.05, 3.63) is 54.5 Å². The number of aliphatic hydroxyl groups excluding tert-OH is 1. The largest absolute Gasteiger partial charge is 0.385 e. The maximum absolute atomic E-state index is 9.66. The van der Waals surface area contributed by atoms with Crippen LogP contribution in [0.5, 0.6) is 0 Å². The van der Waals surface area contributed by atoms with Gasteiger partial charge in [-0.2, -0.15) is 0 Å². The molecule has 6 heteroatoms. The molecule has 2 aromatic heterocycles. The third-order valence-corrected chi connectivity index (χ3v) is 4.54. The number of pyridine rings is 1. The summed E-state index contributed by atoms with van der Waals surface area (Å²) in [6, 6.07) is 14.3. The molecule has 6 nitrogen and oxygen atoms in total. The Balaban J connectivity index is 1.48. The molecule has 0 bridgehead atoms. The number of nitrogens with zero attached hydrogens (tertiary/aromatic N) is 5. The third-order valence-electron chi connectivity index (χ3n) is 4.54. The molecule has 0 radical (unpaired) electrons. The topological polar surface area (TPSA) is 65.4 Å². The van der Waals surface area contributed by atoms with E-state index in [0.29, 0.717) is 5.82 Å². The highest BCUT2D eigenvalue weighted by molar-refractivity contribution is 5.80. The lowest BCUT2D eigenvalue weighted by Crippen LogP contribution is -2.47. The predicted molar refractivity (Wildman–Crippen MR) is 98.8 cm³/mol. The van der Waals surface area contributed by atoms with Gasteiger partial charge in [0, 0.05) is 37.8 Å². The first kappa shape index (κ1) is 15.8. The first-order chi connectivity index (χ1) is 12.2. The number of hydrogen-bond donors (Lipinski definition) is 1. The first-order valence-electron chi connectivity index (χ1n) is 8.57. The average molecular weight is 335 g/mol. The van der Waals surface area contributed by atoms with Crippen molar-refractivity contribution in [2.24, 2.45) is 0 Å². The van der Waals surface area contributed by atoms with Crippen LogP contribution in [-0.4, -0.2) is 46.2 Å². The van der Waals surface area contributed by atoms with Gasteiger partial charge in [-0.15, -0.1) is 0 Å².